The van der Waals surface area contributed by atoms with E-state index < -0.39 is 0 Å². The zero-order valence-electron chi connectivity index (χ0n) is 13.3. The normalized spacial score (nSPS) is 11.3. The van der Waals surface area contributed by atoms with Crippen LogP contribution >= 0.6 is 34.7 Å². The van der Waals surface area contributed by atoms with Crippen LogP contribution in [0.2, 0.25) is 5.02 Å². The number of halogens is 1. The maximum atomic E-state index is 6.30. The molecule has 0 fully saturated rings. The van der Waals surface area contributed by atoms with Crippen LogP contribution in [0, 0.1) is 0 Å². The van der Waals surface area contributed by atoms with Crippen molar-refractivity contribution in [3.63, 3.8) is 0 Å². The Balaban J connectivity index is 1.63. The molecule has 25 heavy (non-hydrogen) atoms. The number of thioether (sulfide) groups is 1. The molecule has 0 unspecified atom stereocenters. The topological polar surface area (TPSA) is 69.6 Å². The minimum atomic E-state index is 0.704. The number of anilines is 1. The van der Waals surface area contributed by atoms with Gasteiger partial charge in [-0.15, -0.1) is 21.5 Å². The number of nitrogens with zero attached hydrogens (tertiary/aromatic N) is 4. The average molecular weight is 388 g/mol. The van der Waals surface area contributed by atoms with Crippen LogP contribution in [0.15, 0.2) is 47.8 Å². The number of hydrogen-bond acceptors (Lipinski definition) is 6. The molecule has 0 radical (unpaired) electrons. The molecule has 8 heteroatoms. The average Bonchev–Trinajstić information content (AvgIpc) is 3.14. The second kappa shape index (κ2) is 6.67. The molecule has 0 spiro atoms. The second-order valence-corrected chi connectivity index (χ2v) is 7.86. The second-order valence-electron chi connectivity index (χ2n) is 5.48. The van der Waals surface area contributed by atoms with Gasteiger partial charge < -0.3 is 10.3 Å². The Bertz CT molecular complexity index is 1060. The Morgan fingerprint density at radius 3 is 2.92 bits per heavy atom. The molecule has 4 aromatic rings. The SMILES string of the molecule is Cn1c(SCc2cccc(Cl)c2)nnc1-c1sc2ncccc2c1N. The number of benzene rings is 1. The van der Waals surface area contributed by atoms with Gasteiger partial charge in [-0.05, 0) is 29.8 Å². The van der Waals surface area contributed by atoms with Crippen molar-refractivity contribution in [2.75, 3.05) is 5.73 Å². The predicted molar refractivity (Wildman–Crippen MR) is 105 cm³/mol. The summed E-state index contributed by atoms with van der Waals surface area (Å²) in [5.74, 6) is 1.53. The third-order valence-corrected chi connectivity index (χ3v) is 6.25. The molecule has 0 atom stereocenters. The minimum absolute atomic E-state index is 0.704. The van der Waals surface area contributed by atoms with E-state index in [0.29, 0.717) is 5.69 Å². The summed E-state index contributed by atoms with van der Waals surface area (Å²) < 4.78 is 1.97. The molecule has 4 rings (SSSR count). The molecule has 3 heterocycles. The first-order chi connectivity index (χ1) is 12.1. The van der Waals surface area contributed by atoms with E-state index in [0.717, 1.165) is 42.4 Å². The van der Waals surface area contributed by atoms with E-state index >= 15 is 0 Å². The molecule has 5 nitrogen and oxygen atoms in total. The molecule has 2 N–H and O–H groups in total. The zero-order valence-corrected chi connectivity index (χ0v) is 15.7. The van der Waals surface area contributed by atoms with Gasteiger partial charge in [0.05, 0.1) is 10.6 Å². The first-order valence-corrected chi connectivity index (χ1v) is 9.71. The van der Waals surface area contributed by atoms with E-state index in [-0.39, 0.29) is 0 Å². The van der Waals surface area contributed by atoms with Crippen LogP contribution in [-0.4, -0.2) is 19.7 Å². The minimum Gasteiger partial charge on any atom is -0.397 e. The summed E-state index contributed by atoms with van der Waals surface area (Å²) in [6, 6.07) is 11.7. The Labute approximate surface area is 157 Å². The Morgan fingerprint density at radius 1 is 1.24 bits per heavy atom. The van der Waals surface area contributed by atoms with Crippen molar-refractivity contribution in [1.82, 2.24) is 19.7 Å². The van der Waals surface area contributed by atoms with E-state index in [4.69, 9.17) is 17.3 Å². The van der Waals surface area contributed by atoms with Gasteiger partial charge in [0, 0.05) is 29.4 Å². The number of pyridine rings is 1. The van der Waals surface area contributed by atoms with E-state index in [1.54, 1.807) is 18.0 Å². The molecule has 0 amide bonds. The van der Waals surface area contributed by atoms with Gasteiger partial charge in [0.2, 0.25) is 0 Å². The summed E-state index contributed by atoms with van der Waals surface area (Å²) in [5.41, 5.74) is 8.15. The number of hydrogen-bond donors (Lipinski definition) is 1. The van der Waals surface area contributed by atoms with Gasteiger partial charge in [-0.2, -0.15) is 0 Å². The molecule has 0 aliphatic heterocycles. The molecular weight excluding hydrogens is 374 g/mol. The molecular formula is C17H14ClN5S2. The van der Waals surface area contributed by atoms with Gasteiger partial charge in [0.1, 0.15) is 4.83 Å². The summed E-state index contributed by atoms with van der Waals surface area (Å²) in [6.07, 6.45) is 1.77. The Morgan fingerprint density at radius 2 is 2.12 bits per heavy atom. The molecule has 0 saturated heterocycles. The lowest BCUT2D eigenvalue weighted by atomic mass is 10.2. The summed E-state index contributed by atoms with van der Waals surface area (Å²) in [5, 5.41) is 11.2. The lowest BCUT2D eigenvalue weighted by Crippen LogP contribution is -1.96. The number of nitrogens with two attached hydrogens (primary N) is 1. The monoisotopic (exact) mass is 387 g/mol. The summed E-state index contributed by atoms with van der Waals surface area (Å²) in [6.45, 7) is 0. The molecule has 1 aromatic carbocycles. The standard InChI is InChI=1S/C17H14ClN5S2/c1-23-15(14-13(19)12-6-3-7-20-16(12)25-14)21-22-17(23)24-9-10-4-2-5-11(18)8-10/h2-8H,9,19H2,1H3. The van der Waals surface area contributed by atoms with Crippen molar-refractivity contribution < 1.29 is 0 Å². The fourth-order valence-corrected chi connectivity index (χ4v) is 4.68. The van der Waals surface area contributed by atoms with Gasteiger partial charge in [-0.1, -0.05) is 35.5 Å². The number of thiophene rings is 1. The molecule has 126 valence electrons. The van der Waals surface area contributed by atoms with Crippen molar-refractivity contribution >= 4 is 50.6 Å². The largest absolute Gasteiger partial charge is 0.397 e. The molecule has 0 aliphatic carbocycles. The Hall–Kier alpha value is -2.09. The van der Waals surface area contributed by atoms with Crippen LogP contribution in [0.5, 0.6) is 0 Å². The van der Waals surface area contributed by atoms with E-state index in [9.17, 15) is 0 Å². The molecule has 0 saturated carbocycles. The van der Waals surface area contributed by atoms with Crippen molar-refractivity contribution in [1.29, 1.82) is 0 Å². The maximum absolute atomic E-state index is 6.30. The third kappa shape index (κ3) is 3.10. The van der Waals surface area contributed by atoms with Gasteiger partial charge in [-0.25, -0.2) is 4.98 Å². The maximum Gasteiger partial charge on any atom is 0.191 e. The van der Waals surface area contributed by atoms with E-state index in [2.05, 4.69) is 15.2 Å². The fraction of sp³-hybridized carbons (Fsp3) is 0.118. The summed E-state index contributed by atoms with van der Waals surface area (Å²) >= 11 is 9.19. The summed E-state index contributed by atoms with van der Waals surface area (Å²) in [7, 11) is 1.95. The predicted octanol–water partition coefficient (Wildman–Crippen LogP) is 4.62. The van der Waals surface area contributed by atoms with E-state index in [1.165, 1.54) is 11.3 Å². The summed E-state index contributed by atoms with van der Waals surface area (Å²) in [4.78, 5) is 6.18. The van der Waals surface area contributed by atoms with Crippen molar-refractivity contribution in [2.45, 2.75) is 10.9 Å². The molecule has 3 aromatic heterocycles. The molecule has 0 aliphatic rings. The van der Waals surface area contributed by atoms with Crippen molar-refractivity contribution in [2.24, 2.45) is 7.05 Å². The van der Waals surface area contributed by atoms with E-state index in [1.807, 2.05) is 48.0 Å². The Kier molecular flexibility index (Phi) is 4.37. The quantitative estimate of drug-likeness (QED) is 0.517. The fourth-order valence-electron chi connectivity index (χ4n) is 2.53. The number of fused-ring (bicyclic) bond motifs is 1. The first-order valence-electron chi connectivity index (χ1n) is 7.53. The van der Waals surface area contributed by atoms with Crippen molar-refractivity contribution in [3.8, 4) is 10.7 Å². The highest BCUT2D eigenvalue weighted by Gasteiger charge is 2.18. The van der Waals surface area contributed by atoms with Crippen LogP contribution in [0.1, 0.15) is 5.56 Å². The first kappa shape index (κ1) is 16.4. The van der Waals surface area contributed by atoms with Crippen LogP contribution < -0.4 is 5.73 Å². The molecule has 0 bridgehead atoms. The highest BCUT2D eigenvalue weighted by Crippen LogP contribution is 2.39. The highest BCUT2D eigenvalue weighted by atomic mass is 35.5. The van der Waals surface area contributed by atoms with Crippen LogP contribution in [0.3, 0.4) is 0 Å². The number of nitrogen functional groups attached to an aromatic ring is 1. The highest BCUT2D eigenvalue weighted by molar-refractivity contribution is 7.98. The smallest absolute Gasteiger partial charge is 0.191 e. The third-order valence-electron chi connectivity index (χ3n) is 3.80. The van der Waals surface area contributed by atoms with Crippen molar-refractivity contribution in [3.05, 3.63) is 53.2 Å². The van der Waals surface area contributed by atoms with Crippen LogP contribution in [-0.2, 0) is 12.8 Å². The number of aromatic nitrogens is 4. The van der Waals surface area contributed by atoms with Gasteiger partial charge in [0.15, 0.2) is 11.0 Å². The van der Waals surface area contributed by atoms with Gasteiger partial charge >= 0.3 is 0 Å². The zero-order chi connectivity index (χ0) is 17.4. The van der Waals surface area contributed by atoms with Crippen LogP contribution in [0.4, 0.5) is 5.69 Å². The van der Waals surface area contributed by atoms with Gasteiger partial charge in [-0.3, -0.25) is 0 Å². The number of rotatable bonds is 4. The lowest BCUT2D eigenvalue weighted by molar-refractivity contribution is 0.795. The lowest BCUT2D eigenvalue weighted by Gasteiger charge is -2.04. The van der Waals surface area contributed by atoms with Crippen LogP contribution in [0.25, 0.3) is 20.9 Å². The van der Waals surface area contributed by atoms with Gasteiger partial charge in [0.25, 0.3) is 0 Å².